The first-order valence-electron chi connectivity index (χ1n) is 8.77. The van der Waals surface area contributed by atoms with E-state index in [0.29, 0.717) is 11.8 Å². The van der Waals surface area contributed by atoms with Crippen molar-refractivity contribution in [2.75, 3.05) is 0 Å². The van der Waals surface area contributed by atoms with Crippen LogP contribution in [0.3, 0.4) is 0 Å². The summed E-state index contributed by atoms with van der Waals surface area (Å²) in [7, 11) is 0. The molecule has 26 heavy (non-hydrogen) atoms. The van der Waals surface area contributed by atoms with Crippen molar-refractivity contribution in [3.63, 3.8) is 0 Å². The quantitative estimate of drug-likeness (QED) is 0.580. The summed E-state index contributed by atoms with van der Waals surface area (Å²) in [5.41, 5.74) is 9.14. The Kier molecular flexibility index (Phi) is 7.09. The number of benzene rings is 2. The van der Waals surface area contributed by atoms with Gasteiger partial charge in [-0.15, -0.1) is 0 Å². The highest BCUT2D eigenvalue weighted by molar-refractivity contribution is 5.83. The molecule has 0 heterocycles. The van der Waals surface area contributed by atoms with Crippen LogP contribution < -0.4 is 10.9 Å². The van der Waals surface area contributed by atoms with E-state index in [-0.39, 0.29) is 0 Å². The molecule has 0 aliphatic rings. The first-order valence-corrected chi connectivity index (χ1v) is 8.77. The van der Waals surface area contributed by atoms with Gasteiger partial charge in [-0.1, -0.05) is 76.2 Å². The second-order valence-electron chi connectivity index (χ2n) is 6.71. The summed E-state index contributed by atoms with van der Waals surface area (Å²) >= 11 is 0. The van der Waals surface area contributed by atoms with Gasteiger partial charge in [0, 0.05) is 0 Å². The van der Waals surface area contributed by atoms with Crippen LogP contribution in [0.25, 0.3) is 0 Å². The molecule has 0 aliphatic carbocycles. The Balaban J connectivity index is 1.79. The smallest absolute Gasteiger partial charge is 0.245 e. The highest BCUT2D eigenvalue weighted by atomic mass is 16.2. The Morgan fingerprint density at radius 2 is 1.08 bits per heavy atom. The van der Waals surface area contributed by atoms with Gasteiger partial charge in [0.25, 0.3) is 0 Å². The highest BCUT2D eigenvalue weighted by Gasteiger charge is 1.99. The number of hydrogen-bond donors (Lipinski definition) is 2. The predicted octanol–water partition coefficient (Wildman–Crippen LogP) is 4.60. The maximum atomic E-state index is 11.7. The molecule has 136 valence electrons. The molecule has 2 N–H and O–H groups in total. The van der Waals surface area contributed by atoms with Crippen LogP contribution in [-0.2, 0) is 0 Å². The molecule has 2 aromatic carbocycles. The number of hydrazone groups is 2. The highest BCUT2D eigenvalue weighted by Crippen LogP contribution is 2.14. The Hall–Kier alpha value is -2.95. The zero-order valence-corrected chi connectivity index (χ0v) is 15.7. The molecule has 5 nitrogen and oxygen atoms in total. The zero-order valence-electron chi connectivity index (χ0n) is 15.7. The van der Waals surface area contributed by atoms with E-state index in [1.807, 2.05) is 24.3 Å². The van der Waals surface area contributed by atoms with Crippen LogP contribution in [0.15, 0.2) is 58.7 Å². The molecule has 0 aliphatic heterocycles. The average Bonchev–Trinajstić information content (AvgIpc) is 2.62. The summed E-state index contributed by atoms with van der Waals surface area (Å²) in [4.78, 5) is 11.7. The van der Waals surface area contributed by atoms with E-state index in [1.165, 1.54) is 11.1 Å². The summed E-state index contributed by atoms with van der Waals surface area (Å²) in [6.45, 7) is 8.59. The number of hydrogen-bond acceptors (Lipinski definition) is 3. The molecule has 0 fully saturated rings. The van der Waals surface area contributed by atoms with Gasteiger partial charge in [-0.25, -0.2) is 15.6 Å². The standard InChI is InChI=1S/C21H26N4O/c1-15(2)19-9-5-17(6-10-19)13-22-24-21(26)25-23-14-18-7-11-20(12-8-18)16(3)4/h5-16H,1-4H3,(H2,24,25,26)/b22-13-,23-14-. The average molecular weight is 350 g/mol. The van der Waals surface area contributed by atoms with Crippen LogP contribution in [0.2, 0.25) is 0 Å². The van der Waals surface area contributed by atoms with Crippen molar-refractivity contribution in [1.82, 2.24) is 10.9 Å². The van der Waals surface area contributed by atoms with Crippen LogP contribution >= 0.6 is 0 Å². The minimum absolute atomic E-state index is 0.490. The molecule has 0 saturated carbocycles. The van der Waals surface area contributed by atoms with Crippen LogP contribution in [0.4, 0.5) is 4.79 Å². The van der Waals surface area contributed by atoms with E-state index in [4.69, 9.17) is 0 Å². The molecular weight excluding hydrogens is 324 g/mol. The largest absolute Gasteiger partial charge is 0.355 e. The van der Waals surface area contributed by atoms with Crippen LogP contribution in [0.1, 0.15) is 61.8 Å². The van der Waals surface area contributed by atoms with Crippen molar-refractivity contribution in [3.8, 4) is 0 Å². The summed E-state index contributed by atoms with van der Waals surface area (Å²) in [5.74, 6) is 0.980. The van der Waals surface area contributed by atoms with Crippen molar-refractivity contribution >= 4 is 18.5 Å². The van der Waals surface area contributed by atoms with E-state index in [9.17, 15) is 4.79 Å². The Morgan fingerprint density at radius 1 is 0.731 bits per heavy atom. The van der Waals surface area contributed by atoms with E-state index in [0.717, 1.165) is 11.1 Å². The molecule has 2 aromatic rings. The number of nitrogens with one attached hydrogen (secondary N) is 2. The summed E-state index contributed by atoms with van der Waals surface area (Å²) < 4.78 is 0. The van der Waals surface area contributed by atoms with E-state index in [1.54, 1.807) is 12.4 Å². The second-order valence-corrected chi connectivity index (χ2v) is 6.71. The first-order chi connectivity index (χ1) is 12.5. The lowest BCUT2D eigenvalue weighted by Gasteiger charge is -2.04. The fraction of sp³-hybridized carbons (Fsp3) is 0.286. The lowest BCUT2D eigenvalue weighted by Crippen LogP contribution is -2.28. The van der Waals surface area contributed by atoms with Crippen LogP contribution in [-0.4, -0.2) is 18.5 Å². The van der Waals surface area contributed by atoms with Crippen molar-refractivity contribution in [2.45, 2.75) is 39.5 Å². The van der Waals surface area contributed by atoms with Gasteiger partial charge in [0.2, 0.25) is 0 Å². The topological polar surface area (TPSA) is 65.8 Å². The van der Waals surface area contributed by atoms with Crippen LogP contribution in [0.5, 0.6) is 0 Å². The molecule has 0 radical (unpaired) electrons. The minimum atomic E-state index is -0.491. The number of carbonyl (C=O) groups excluding carboxylic acids is 1. The van der Waals surface area contributed by atoms with Gasteiger partial charge in [-0.05, 0) is 34.1 Å². The van der Waals surface area contributed by atoms with Crippen LogP contribution in [0, 0.1) is 0 Å². The predicted molar refractivity (Wildman–Crippen MR) is 108 cm³/mol. The molecule has 0 spiro atoms. The van der Waals surface area contributed by atoms with Gasteiger partial charge in [0.05, 0.1) is 12.4 Å². The Labute approximate surface area is 155 Å². The fourth-order valence-electron chi connectivity index (χ4n) is 2.29. The van der Waals surface area contributed by atoms with Gasteiger partial charge < -0.3 is 0 Å². The third-order valence-electron chi connectivity index (χ3n) is 3.97. The minimum Gasteiger partial charge on any atom is -0.245 e. The molecule has 2 amide bonds. The SMILES string of the molecule is CC(C)c1ccc(/C=N\NC(=O)N/N=C\c2ccc(C(C)C)cc2)cc1. The normalized spacial score (nSPS) is 11.6. The third kappa shape index (κ3) is 6.16. The number of urea groups is 1. The molecule has 0 saturated heterocycles. The summed E-state index contributed by atoms with van der Waals surface area (Å²) in [6.07, 6.45) is 3.19. The maximum absolute atomic E-state index is 11.7. The van der Waals surface area contributed by atoms with Gasteiger partial charge in [0.1, 0.15) is 0 Å². The van der Waals surface area contributed by atoms with Gasteiger partial charge in [-0.2, -0.15) is 10.2 Å². The lowest BCUT2D eigenvalue weighted by atomic mass is 10.0. The molecule has 0 aromatic heterocycles. The molecule has 5 heteroatoms. The molecule has 0 bridgehead atoms. The number of carbonyl (C=O) groups is 1. The number of nitrogens with zero attached hydrogens (tertiary/aromatic N) is 2. The number of amides is 2. The van der Waals surface area contributed by atoms with Crippen molar-refractivity contribution in [3.05, 3.63) is 70.8 Å². The molecule has 0 unspecified atom stereocenters. The van der Waals surface area contributed by atoms with Gasteiger partial charge in [-0.3, -0.25) is 0 Å². The van der Waals surface area contributed by atoms with Crippen molar-refractivity contribution in [1.29, 1.82) is 0 Å². The van der Waals surface area contributed by atoms with Gasteiger partial charge in [0.15, 0.2) is 0 Å². The lowest BCUT2D eigenvalue weighted by molar-refractivity contribution is 0.242. The van der Waals surface area contributed by atoms with Crippen molar-refractivity contribution in [2.24, 2.45) is 10.2 Å². The number of rotatable bonds is 6. The Bertz CT molecular complexity index is 694. The first kappa shape index (κ1) is 19.4. The van der Waals surface area contributed by atoms with E-state index >= 15 is 0 Å². The second kappa shape index (κ2) is 9.51. The third-order valence-corrected chi connectivity index (χ3v) is 3.97. The summed E-state index contributed by atoms with van der Waals surface area (Å²) in [6, 6.07) is 15.6. The Morgan fingerprint density at radius 3 is 1.38 bits per heavy atom. The fourth-order valence-corrected chi connectivity index (χ4v) is 2.29. The monoisotopic (exact) mass is 350 g/mol. The molecule has 0 atom stereocenters. The van der Waals surface area contributed by atoms with Crippen molar-refractivity contribution < 1.29 is 4.79 Å². The molecular formula is C21H26N4O. The zero-order chi connectivity index (χ0) is 18.9. The molecule has 2 rings (SSSR count). The van der Waals surface area contributed by atoms with E-state index < -0.39 is 6.03 Å². The van der Waals surface area contributed by atoms with Gasteiger partial charge >= 0.3 is 6.03 Å². The summed E-state index contributed by atoms with van der Waals surface area (Å²) in [5, 5.41) is 7.82. The maximum Gasteiger partial charge on any atom is 0.355 e. The van der Waals surface area contributed by atoms with E-state index in [2.05, 4.69) is 73.0 Å².